The summed E-state index contributed by atoms with van der Waals surface area (Å²) in [5.74, 6) is 1.47. The lowest BCUT2D eigenvalue weighted by molar-refractivity contribution is 0.375. The number of aromatic nitrogens is 2. The SMILES string of the molecule is NCCCc1nc(N2CCCCCC2)no1. The minimum Gasteiger partial charge on any atom is -0.338 e. The number of nitrogens with zero attached hydrogens (tertiary/aromatic N) is 3. The molecule has 5 nitrogen and oxygen atoms in total. The Bertz CT molecular complexity index is 305. The Morgan fingerprint density at radius 1 is 1.19 bits per heavy atom. The van der Waals surface area contributed by atoms with Crippen molar-refractivity contribution in [1.29, 1.82) is 0 Å². The molecule has 2 heterocycles. The van der Waals surface area contributed by atoms with Crippen molar-refractivity contribution < 1.29 is 4.52 Å². The molecule has 90 valence electrons. The van der Waals surface area contributed by atoms with E-state index in [0.29, 0.717) is 12.4 Å². The summed E-state index contributed by atoms with van der Waals surface area (Å²) in [7, 11) is 0. The van der Waals surface area contributed by atoms with Crippen molar-refractivity contribution in [3.05, 3.63) is 5.89 Å². The number of hydrogen-bond donors (Lipinski definition) is 1. The van der Waals surface area contributed by atoms with Crippen molar-refractivity contribution in [2.45, 2.75) is 38.5 Å². The third-order valence-corrected chi connectivity index (χ3v) is 2.94. The first-order valence-electron chi connectivity index (χ1n) is 6.18. The first-order valence-corrected chi connectivity index (χ1v) is 6.18. The topological polar surface area (TPSA) is 68.2 Å². The highest BCUT2D eigenvalue weighted by Crippen LogP contribution is 2.16. The van der Waals surface area contributed by atoms with Gasteiger partial charge in [-0.1, -0.05) is 12.8 Å². The van der Waals surface area contributed by atoms with Crippen molar-refractivity contribution >= 4 is 5.95 Å². The minimum atomic E-state index is 0.668. The normalized spacial score (nSPS) is 17.4. The van der Waals surface area contributed by atoms with Crippen molar-refractivity contribution in [2.24, 2.45) is 5.73 Å². The second-order valence-electron chi connectivity index (χ2n) is 4.28. The maximum Gasteiger partial charge on any atom is 0.266 e. The molecule has 16 heavy (non-hydrogen) atoms. The van der Waals surface area contributed by atoms with Crippen molar-refractivity contribution in [2.75, 3.05) is 24.5 Å². The van der Waals surface area contributed by atoms with Gasteiger partial charge in [0.05, 0.1) is 0 Å². The summed E-state index contributed by atoms with van der Waals surface area (Å²) in [6, 6.07) is 0. The first-order chi connectivity index (χ1) is 7.90. The molecule has 0 spiro atoms. The fourth-order valence-corrected chi connectivity index (χ4v) is 2.00. The Hall–Kier alpha value is -1.10. The summed E-state index contributed by atoms with van der Waals surface area (Å²) in [6.07, 6.45) is 6.78. The summed E-state index contributed by atoms with van der Waals surface area (Å²) >= 11 is 0. The smallest absolute Gasteiger partial charge is 0.266 e. The molecule has 5 heteroatoms. The molecule has 0 saturated carbocycles. The molecular weight excluding hydrogens is 204 g/mol. The van der Waals surface area contributed by atoms with Crippen LogP contribution in [0.15, 0.2) is 4.52 Å². The van der Waals surface area contributed by atoms with Crippen molar-refractivity contribution in [1.82, 2.24) is 10.1 Å². The molecule has 0 aromatic carbocycles. The van der Waals surface area contributed by atoms with E-state index in [9.17, 15) is 0 Å². The average molecular weight is 224 g/mol. The second kappa shape index (κ2) is 5.84. The third kappa shape index (κ3) is 2.95. The zero-order valence-electron chi connectivity index (χ0n) is 9.69. The molecule has 1 aliphatic rings. The van der Waals surface area contributed by atoms with Gasteiger partial charge in [-0.2, -0.15) is 4.98 Å². The number of rotatable bonds is 4. The lowest BCUT2D eigenvalue weighted by Crippen LogP contribution is -2.24. The second-order valence-corrected chi connectivity index (χ2v) is 4.28. The van der Waals surface area contributed by atoms with Gasteiger partial charge in [0.2, 0.25) is 5.89 Å². The fourth-order valence-electron chi connectivity index (χ4n) is 2.00. The van der Waals surface area contributed by atoms with Crippen LogP contribution in [-0.2, 0) is 6.42 Å². The first kappa shape index (κ1) is 11.4. The van der Waals surface area contributed by atoms with E-state index in [0.717, 1.165) is 31.9 Å². The van der Waals surface area contributed by atoms with Gasteiger partial charge >= 0.3 is 0 Å². The minimum absolute atomic E-state index is 0.668. The van der Waals surface area contributed by atoms with Gasteiger partial charge in [-0.05, 0) is 31.0 Å². The lowest BCUT2D eigenvalue weighted by atomic mass is 10.2. The summed E-state index contributed by atoms with van der Waals surface area (Å²) < 4.78 is 5.20. The molecule has 0 atom stereocenters. The standard InChI is InChI=1S/C11H20N4O/c12-7-5-6-10-13-11(14-16-10)15-8-3-1-2-4-9-15/h1-9,12H2. The quantitative estimate of drug-likeness (QED) is 0.836. The van der Waals surface area contributed by atoms with Gasteiger partial charge in [-0.25, -0.2) is 0 Å². The fraction of sp³-hybridized carbons (Fsp3) is 0.818. The summed E-state index contributed by atoms with van der Waals surface area (Å²) in [5, 5.41) is 4.03. The number of nitrogens with two attached hydrogens (primary N) is 1. The molecule has 1 fully saturated rings. The molecule has 1 aromatic heterocycles. The maximum atomic E-state index is 5.45. The van der Waals surface area contributed by atoms with E-state index in [1.165, 1.54) is 25.7 Å². The van der Waals surface area contributed by atoms with E-state index in [1.807, 2.05) is 0 Å². The van der Waals surface area contributed by atoms with Gasteiger partial charge in [0.15, 0.2) is 0 Å². The highest BCUT2D eigenvalue weighted by molar-refractivity contribution is 5.27. The van der Waals surface area contributed by atoms with Crippen LogP contribution in [0.1, 0.15) is 38.0 Å². The van der Waals surface area contributed by atoms with E-state index in [2.05, 4.69) is 15.0 Å². The third-order valence-electron chi connectivity index (χ3n) is 2.94. The van der Waals surface area contributed by atoms with Gasteiger partial charge in [-0.15, -0.1) is 0 Å². The molecule has 0 amide bonds. The number of aryl methyl sites for hydroxylation is 1. The molecule has 1 aromatic rings. The van der Waals surface area contributed by atoms with Crippen LogP contribution in [-0.4, -0.2) is 29.8 Å². The van der Waals surface area contributed by atoms with Crippen molar-refractivity contribution in [3.63, 3.8) is 0 Å². The van der Waals surface area contributed by atoms with Crippen LogP contribution in [0.25, 0.3) is 0 Å². The Balaban J connectivity index is 1.94. The van der Waals surface area contributed by atoms with Crippen LogP contribution in [0.4, 0.5) is 5.95 Å². The lowest BCUT2D eigenvalue weighted by Gasteiger charge is -2.16. The van der Waals surface area contributed by atoms with Crippen molar-refractivity contribution in [3.8, 4) is 0 Å². The predicted octanol–water partition coefficient (Wildman–Crippen LogP) is 1.34. The Morgan fingerprint density at radius 3 is 2.62 bits per heavy atom. The summed E-state index contributed by atoms with van der Waals surface area (Å²) in [5.41, 5.74) is 5.45. The molecule has 2 rings (SSSR count). The van der Waals surface area contributed by atoms with Gasteiger partial charge in [0.25, 0.3) is 5.95 Å². The van der Waals surface area contributed by atoms with Gasteiger partial charge in [0.1, 0.15) is 0 Å². The molecule has 1 aliphatic heterocycles. The Morgan fingerprint density at radius 2 is 1.94 bits per heavy atom. The largest absolute Gasteiger partial charge is 0.338 e. The molecule has 0 unspecified atom stereocenters. The highest BCUT2D eigenvalue weighted by atomic mass is 16.5. The molecule has 0 bridgehead atoms. The monoisotopic (exact) mass is 224 g/mol. The molecule has 0 aliphatic carbocycles. The van der Waals surface area contributed by atoms with E-state index >= 15 is 0 Å². The highest BCUT2D eigenvalue weighted by Gasteiger charge is 2.15. The predicted molar refractivity (Wildman–Crippen MR) is 62.4 cm³/mol. The van der Waals surface area contributed by atoms with E-state index < -0.39 is 0 Å². The van der Waals surface area contributed by atoms with Crippen LogP contribution in [0, 0.1) is 0 Å². The Kier molecular flexibility index (Phi) is 4.16. The molecular formula is C11H20N4O. The average Bonchev–Trinajstić information content (AvgIpc) is 2.60. The zero-order valence-corrected chi connectivity index (χ0v) is 9.69. The van der Waals surface area contributed by atoms with E-state index in [4.69, 9.17) is 10.3 Å². The molecule has 0 radical (unpaired) electrons. The van der Waals surface area contributed by atoms with Gasteiger partial charge < -0.3 is 15.2 Å². The number of hydrogen-bond acceptors (Lipinski definition) is 5. The maximum absolute atomic E-state index is 5.45. The van der Waals surface area contributed by atoms with Crippen LogP contribution < -0.4 is 10.6 Å². The summed E-state index contributed by atoms with van der Waals surface area (Å²) in [6.45, 7) is 2.77. The van der Waals surface area contributed by atoms with Crippen LogP contribution >= 0.6 is 0 Å². The van der Waals surface area contributed by atoms with Crippen LogP contribution in [0.3, 0.4) is 0 Å². The number of anilines is 1. The van der Waals surface area contributed by atoms with Gasteiger partial charge in [-0.3, -0.25) is 0 Å². The van der Waals surface area contributed by atoms with Crippen LogP contribution in [0.5, 0.6) is 0 Å². The van der Waals surface area contributed by atoms with E-state index in [-0.39, 0.29) is 0 Å². The molecule has 1 saturated heterocycles. The van der Waals surface area contributed by atoms with Gasteiger partial charge in [0, 0.05) is 19.5 Å². The zero-order chi connectivity index (χ0) is 11.2. The van der Waals surface area contributed by atoms with Crippen LogP contribution in [0.2, 0.25) is 0 Å². The molecule has 2 N–H and O–H groups in total. The van der Waals surface area contributed by atoms with E-state index in [1.54, 1.807) is 0 Å². The Labute approximate surface area is 96.0 Å². The summed E-state index contributed by atoms with van der Waals surface area (Å²) in [4.78, 5) is 6.63.